The molecule has 1 aromatic carbocycles. The SMILES string of the molecule is NCC1(Cc2cccc(Br)c2)CC2CC2C1. The summed E-state index contributed by atoms with van der Waals surface area (Å²) in [6.07, 6.45) is 5.36. The summed E-state index contributed by atoms with van der Waals surface area (Å²) in [5.41, 5.74) is 7.87. The molecule has 0 bridgehead atoms. The molecule has 86 valence electrons. The minimum Gasteiger partial charge on any atom is -0.330 e. The van der Waals surface area contributed by atoms with Crippen LogP contribution in [0.1, 0.15) is 24.8 Å². The van der Waals surface area contributed by atoms with Gasteiger partial charge in [-0.3, -0.25) is 0 Å². The van der Waals surface area contributed by atoms with Crippen molar-refractivity contribution in [1.29, 1.82) is 0 Å². The predicted molar refractivity (Wildman–Crippen MR) is 70.2 cm³/mol. The zero-order chi connectivity index (χ0) is 11.2. The van der Waals surface area contributed by atoms with Crippen LogP contribution in [0.5, 0.6) is 0 Å². The Kier molecular flexibility index (Phi) is 2.60. The molecule has 0 spiro atoms. The highest BCUT2D eigenvalue weighted by Crippen LogP contribution is 2.60. The van der Waals surface area contributed by atoms with E-state index in [1.807, 2.05) is 0 Å². The van der Waals surface area contributed by atoms with Crippen LogP contribution in [0.4, 0.5) is 0 Å². The van der Waals surface area contributed by atoms with Gasteiger partial charge in [-0.15, -0.1) is 0 Å². The van der Waals surface area contributed by atoms with Crippen LogP contribution in [0.25, 0.3) is 0 Å². The number of halogens is 1. The van der Waals surface area contributed by atoms with Crippen molar-refractivity contribution in [1.82, 2.24) is 0 Å². The molecule has 1 nitrogen and oxygen atoms in total. The Morgan fingerprint density at radius 3 is 2.69 bits per heavy atom. The molecule has 2 atom stereocenters. The van der Waals surface area contributed by atoms with Crippen molar-refractivity contribution in [2.45, 2.75) is 25.7 Å². The van der Waals surface area contributed by atoms with Crippen LogP contribution >= 0.6 is 15.9 Å². The normalized spacial score (nSPS) is 36.1. The summed E-state index contributed by atoms with van der Waals surface area (Å²) >= 11 is 3.54. The van der Waals surface area contributed by atoms with Crippen molar-refractivity contribution in [2.24, 2.45) is 23.0 Å². The van der Waals surface area contributed by atoms with Gasteiger partial charge in [0.05, 0.1) is 0 Å². The van der Waals surface area contributed by atoms with Crippen LogP contribution in [-0.2, 0) is 6.42 Å². The highest BCUT2D eigenvalue weighted by molar-refractivity contribution is 9.10. The van der Waals surface area contributed by atoms with Crippen molar-refractivity contribution in [2.75, 3.05) is 6.54 Å². The Bertz CT molecular complexity index is 391. The van der Waals surface area contributed by atoms with Gasteiger partial charge in [0.1, 0.15) is 0 Å². The summed E-state index contributed by atoms with van der Waals surface area (Å²) in [5, 5.41) is 0. The number of fused-ring (bicyclic) bond motifs is 1. The lowest BCUT2D eigenvalue weighted by Gasteiger charge is -2.29. The van der Waals surface area contributed by atoms with E-state index in [1.165, 1.54) is 29.3 Å². The van der Waals surface area contributed by atoms with E-state index < -0.39 is 0 Å². The predicted octanol–water partition coefficient (Wildman–Crippen LogP) is 3.37. The number of nitrogens with two attached hydrogens (primary N) is 1. The molecule has 0 radical (unpaired) electrons. The second-order valence-corrected chi connectivity index (χ2v) is 6.59. The summed E-state index contributed by atoms with van der Waals surface area (Å²) in [6, 6.07) is 8.68. The maximum atomic E-state index is 6.03. The smallest absolute Gasteiger partial charge is 0.0177 e. The fourth-order valence-electron chi connectivity index (χ4n) is 3.47. The third-order valence-corrected chi connectivity index (χ3v) is 4.85. The molecule has 3 rings (SSSR count). The minimum atomic E-state index is 0.411. The first-order valence-electron chi connectivity index (χ1n) is 6.15. The fraction of sp³-hybridized carbons (Fsp3) is 0.571. The summed E-state index contributed by atoms with van der Waals surface area (Å²) in [5.74, 6) is 2.02. The standard InChI is InChI=1S/C14H18BrN/c15-13-3-1-2-10(4-13)6-14(9-16)7-11-5-12(11)8-14/h1-4,11-12H,5-9,16H2. The van der Waals surface area contributed by atoms with Gasteiger partial charge >= 0.3 is 0 Å². The molecule has 0 saturated heterocycles. The van der Waals surface area contributed by atoms with Crippen molar-refractivity contribution < 1.29 is 0 Å². The van der Waals surface area contributed by atoms with Crippen LogP contribution in [0.15, 0.2) is 28.7 Å². The molecule has 0 aromatic heterocycles. The van der Waals surface area contributed by atoms with Gasteiger partial charge in [0.25, 0.3) is 0 Å². The van der Waals surface area contributed by atoms with Crippen molar-refractivity contribution in [3.05, 3.63) is 34.3 Å². The maximum absolute atomic E-state index is 6.03. The van der Waals surface area contributed by atoms with Crippen molar-refractivity contribution >= 4 is 15.9 Å². The lowest BCUT2D eigenvalue weighted by molar-refractivity contribution is 0.273. The van der Waals surface area contributed by atoms with Crippen molar-refractivity contribution in [3.8, 4) is 0 Å². The molecule has 2 aliphatic rings. The molecule has 1 aromatic rings. The summed E-state index contributed by atoms with van der Waals surface area (Å²) in [4.78, 5) is 0. The molecule has 2 saturated carbocycles. The summed E-state index contributed by atoms with van der Waals surface area (Å²) < 4.78 is 1.18. The lowest BCUT2D eigenvalue weighted by atomic mass is 9.77. The molecule has 2 aliphatic carbocycles. The van der Waals surface area contributed by atoms with Gasteiger partial charge in [-0.05, 0) is 67.2 Å². The second kappa shape index (κ2) is 3.85. The minimum absolute atomic E-state index is 0.411. The Hall–Kier alpha value is -0.340. The number of rotatable bonds is 3. The van der Waals surface area contributed by atoms with E-state index >= 15 is 0 Å². The van der Waals surface area contributed by atoms with Crippen LogP contribution in [0.3, 0.4) is 0 Å². The van der Waals surface area contributed by atoms with E-state index in [1.54, 1.807) is 0 Å². The van der Waals surface area contributed by atoms with Crippen molar-refractivity contribution in [3.63, 3.8) is 0 Å². The largest absolute Gasteiger partial charge is 0.330 e. The molecule has 0 amide bonds. The molecular weight excluding hydrogens is 262 g/mol. The van der Waals surface area contributed by atoms with Gasteiger partial charge in [0.15, 0.2) is 0 Å². The monoisotopic (exact) mass is 279 g/mol. The zero-order valence-corrected chi connectivity index (χ0v) is 11.0. The summed E-state index contributed by atoms with van der Waals surface area (Å²) in [7, 11) is 0. The van der Waals surface area contributed by atoms with Gasteiger partial charge in [0.2, 0.25) is 0 Å². The topological polar surface area (TPSA) is 26.0 Å². The number of benzene rings is 1. The van der Waals surface area contributed by atoms with E-state index in [0.29, 0.717) is 5.41 Å². The molecule has 0 heterocycles. The highest BCUT2D eigenvalue weighted by atomic mass is 79.9. The number of hydrogen-bond acceptors (Lipinski definition) is 1. The first-order valence-corrected chi connectivity index (χ1v) is 6.95. The third kappa shape index (κ3) is 1.93. The van der Waals surface area contributed by atoms with Gasteiger partial charge in [-0.25, -0.2) is 0 Å². The second-order valence-electron chi connectivity index (χ2n) is 5.67. The van der Waals surface area contributed by atoms with Crippen LogP contribution < -0.4 is 5.73 Å². The van der Waals surface area contributed by atoms with E-state index in [2.05, 4.69) is 40.2 Å². The average molecular weight is 280 g/mol. The molecular formula is C14H18BrN. The zero-order valence-electron chi connectivity index (χ0n) is 9.45. The fourth-order valence-corrected chi connectivity index (χ4v) is 3.92. The van der Waals surface area contributed by atoms with E-state index in [4.69, 9.17) is 5.73 Å². The van der Waals surface area contributed by atoms with Gasteiger partial charge in [0, 0.05) is 4.47 Å². The molecule has 2 fully saturated rings. The lowest BCUT2D eigenvalue weighted by Crippen LogP contribution is -2.31. The molecule has 2 heteroatoms. The first-order chi connectivity index (χ1) is 7.71. The van der Waals surface area contributed by atoms with E-state index in [0.717, 1.165) is 24.8 Å². The Morgan fingerprint density at radius 1 is 1.31 bits per heavy atom. The van der Waals surface area contributed by atoms with Gasteiger partial charge in [-0.2, -0.15) is 0 Å². The Balaban J connectivity index is 1.77. The molecule has 2 unspecified atom stereocenters. The molecule has 2 N–H and O–H groups in total. The molecule has 0 aliphatic heterocycles. The highest BCUT2D eigenvalue weighted by Gasteiger charge is 2.52. The van der Waals surface area contributed by atoms with Crippen LogP contribution in [0.2, 0.25) is 0 Å². The maximum Gasteiger partial charge on any atom is 0.0177 e. The Labute approximate surface area is 106 Å². The molecule has 16 heavy (non-hydrogen) atoms. The van der Waals surface area contributed by atoms with Crippen LogP contribution in [-0.4, -0.2) is 6.54 Å². The summed E-state index contributed by atoms with van der Waals surface area (Å²) in [6.45, 7) is 0.854. The average Bonchev–Trinajstić information content (AvgIpc) is 2.87. The van der Waals surface area contributed by atoms with E-state index in [9.17, 15) is 0 Å². The van der Waals surface area contributed by atoms with Crippen LogP contribution in [0, 0.1) is 17.3 Å². The Morgan fingerprint density at radius 2 is 2.06 bits per heavy atom. The van der Waals surface area contributed by atoms with Gasteiger partial charge < -0.3 is 5.73 Å². The first kappa shape index (κ1) is 10.8. The van der Waals surface area contributed by atoms with Gasteiger partial charge in [-0.1, -0.05) is 28.1 Å². The number of hydrogen-bond donors (Lipinski definition) is 1. The van der Waals surface area contributed by atoms with E-state index in [-0.39, 0.29) is 0 Å². The quantitative estimate of drug-likeness (QED) is 0.902. The third-order valence-electron chi connectivity index (χ3n) is 4.36.